The minimum atomic E-state index is -0.518. The van der Waals surface area contributed by atoms with E-state index in [0.717, 1.165) is 47.1 Å². The molecule has 4 aliphatic rings. The average Bonchev–Trinajstić information content (AvgIpc) is 3.48. The van der Waals surface area contributed by atoms with E-state index < -0.39 is 11.8 Å². The normalized spacial score (nSPS) is 27.2. The lowest BCUT2D eigenvalue weighted by Gasteiger charge is -2.41. The van der Waals surface area contributed by atoms with E-state index in [1.165, 1.54) is 12.8 Å². The van der Waals surface area contributed by atoms with Gasteiger partial charge in [0.1, 0.15) is 17.3 Å². The van der Waals surface area contributed by atoms with Gasteiger partial charge in [-0.3, -0.25) is 9.80 Å². The highest BCUT2D eigenvalue weighted by Crippen LogP contribution is 2.36. The molecule has 4 atom stereocenters. The van der Waals surface area contributed by atoms with Crippen LogP contribution in [0, 0.1) is 0 Å². The van der Waals surface area contributed by atoms with Crippen molar-refractivity contribution in [1.29, 1.82) is 0 Å². The van der Waals surface area contributed by atoms with Crippen molar-refractivity contribution in [2.75, 3.05) is 38.2 Å². The van der Waals surface area contributed by atoms with Crippen molar-refractivity contribution < 1.29 is 18.7 Å². The van der Waals surface area contributed by atoms with E-state index in [-0.39, 0.29) is 18.2 Å². The van der Waals surface area contributed by atoms with E-state index in [1.807, 2.05) is 31.7 Å². The van der Waals surface area contributed by atoms with Gasteiger partial charge in [0, 0.05) is 36.3 Å². The second-order valence-electron chi connectivity index (χ2n) is 11.4. The average molecular weight is 580 g/mol. The Labute approximate surface area is 225 Å². The number of pyridine rings is 1. The van der Waals surface area contributed by atoms with E-state index in [4.69, 9.17) is 9.47 Å². The Morgan fingerprint density at radius 1 is 1.11 bits per heavy atom. The Morgan fingerprint density at radius 2 is 1.84 bits per heavy atom. The van der Waals surface area contributed by atoms with Crippen molar-refractivity contribution in [1.82, 2.24) is 24.8 Å². The summed E-state index contributed by atoms with van der Waals surface area (Å²) in [6.07, 6.45) is 6.24. The van der Waals surface area contributed by atoms with Crippen LogP contribution in [0.5, 0.6) is 6.01 Å². The minimum Gasteiger partial charge on any atom is -0.467 e. The van der Waals surface area contributed by atoms with Gasteiger partial charge in [0.05, 0.1) is 24.7 Å². The van der Waals surface area contributed by atoms with Gasteiger partial charge >= 0.3 is 12.1 Å². The fourth-order valence-corrected chi connectivity index (χ4v) is 6.30. The summed E-state index contributed by atoms with van der Waals surface area (Å²) < 4.78 is 24.4. The number of piperazine rings is 1. The van der Waals surface area contributed by atoms with Gasteiger partial charge in [0.15, 0.2) is 5.82 Å². The van der Waals surface area contributed by atoms with Crippen LogP contribution in [0.2, 0.25) is 0 Å². The Bertz CT molecular complexity index is 1120. The number of amides is 1. The number of rotatable bonds is 2. The number of methoxy groups -OCH3 is 1. The fourth-order valence-electron chi connectivity index (χ4n) is 5.98. The number of hydrogen-bond donors (Lipinski definition) is 0. The first-order valence-electron chi connectivity index (χ1n) is 13.1. The smallest absolute Gasteiger partial charge is 0.410 e. The number of alkyl halides is 1. The summed E-state index contributed by atoms with van der Waals surface area (Å²) in [5.41, 5.74) is 0.952. The molecule has 4 aliphatic heterocycles. The lowest BCUT2D eigenvalue weighted by molar-refractivity contribution is 0.0123. The van der Waals surface area contributed by atoms with Gasteiger partial charge in [-0.25, -0.2) is 14.2 Å². The van der Waals surface area contributed by atoms with Crippen LogP contribution >= 0.6 is 15.9 Å². The molecular formula is C26H36BrFN6O3. The van der Waals surface area contributed by atoms with Crippen LogP contribution in [0.3, 0.4) is 0 Å². The standard InChI is InChI=1S/C19H24BrN5O3.C7H12FN/c1-19(2,3)28-18(26)25-12-5-6-13(25)10-24(9-12)16-15-14(7-11(20)8-21-15)22-17(23-16)27-4;8-6-4-7-2-1-3-9(7)5-6/h7-8,12-13H,5-6,9-10H2,1-4H3;6-7H,1-5H2. The first-order chi connectivity index (χ1) is 17.6. The van der Waals surface area contributed by atoms with Crippen LogP contribution < -0.4 is 9.64 Å². The first-order valence-corrected chi connectivity index (χ1v) is 13.9. The van der Waals surface area contributed by atoms with Crippen molar-refractivity contribution in [2.24, 2.45) is 0 Å². The summed E-state index contributed by atoms with van der Waals surface area (Å²) in [5.74, 6) is 0.745. The predicted molar refractivity (Wildman–Crippen MR) is 143 cm³/mol. The van der Waals surface area contributed by atoms with E-state index in [1.54, 1.807) is 13.3 Å². The highest BCUT2D eigenvalue weighted by molar-refractivity contribution is 9.10. The van der Waals surface area contributed by atoms with E-state index in [2.05, 4.69) is 40.7 Å². The molecule has 0 aliphatic carbocycles. The topological polar surface area (TPSA) is 83.9 Å². The van der Waals surface area contributed by atoms with Gasteiger partial charge in [-0.2, -0.15) is 9.97 Å². The van der Waals surface area contributed by atoms with E-state index in [9.17, 15) is 9.18 Å². The molecule has 2 aromatic heterocycles. The number of aromatic nitrogens is 3. The summed E-state index contributed by atoms with van der Waals surface area (Å²) in [6, 6.07) is 3.02. The maximum Gasteiger partial charge on any atom is 0.410 e. The highest BCUT2D eigenvalue weighted by Gasteiger charge is 2.45. The number of anilines is 1. The molecule has 9 nitrogen and oxygen atoms in total. The Balaban J connectivity index is 0.000000260. The Hall–Kier alpha value is -2.27. The third-order valence-electron chi connectivity index (χ3n) is 7.49. The molecule has 4 fully saturated rings. The maximum atomic E-state index is 12.7. The third kappa shape index (κ3) is 5.77. The predicted octanol–water partition coefficient (Wildman–Crippen LogP) is 4.58. The summed E-state index contributed by atoms with van der Waals surface area (Å²) >= 11 is 3.44. The molecule has 4 saturated heterocycles. The van der Waals surface area contributed by atoms with Gasteiger partial charge < -0.3 is 14.4 Å². The monoisotopic (exact) mass is 578 g/mol. The van der Waals surface area contributed by atoms with Crippen molar-refractivity contribution >= 4 is 38.9 Å². The van der Waals surface area contributed by atoms with Crippen molar-refractivity contribution in [3.8, 4) is 6.01 Å². The van der Waals surface area contributed by atoms with Crippen LogP contribution in [0.4, 0.5) is 15.0 Å². The molecule has 37 heavy (non-hydrogen) atoms. The molecule has 2 aromatic rings. The molecule has 202 valence electrons. The summed E-state index contributed by atoms with van der Waals surface area (Å²) in [7, 11) is 1.56. The molecule has 11 heteroatoms. The molecule has 0 spiro atoms. The summed E-state index contributed by atoms with van der Waals surface area (Å²) in [6.45, 7) is 8.91. The number of carbonyl (C=O) groups excluding carboxylic acids is 1. The zero-order valence-corrected chi connectivity index (χ0v) is 23.6. The first kappa shape index (κ1) is 26.3. The van der Waals surface area contributed by atoms with E-state index >= 15 is 0 Å². The largest absolute Gasteiger partial charge is 0.467 e. The molecule has 0 aromatic carbocycles. The van der Waals surface area contributed by atoms with E-state index in [0.29, 0.717) is 31.7 Å². The van der Waals surface area contributed by atoms with Crippen LogP contribution in [-0.4, -0.2) is 94.0 Å². The van der Waals surface area contributed by atoms with Crippen LogP contribution in [0.25, 0.3) is 11.0 Å². The molecule has 0 saturated carbocycles. The Kier molecular flexibility index (Phi) is 7.46. The van der Waals surface area contributed by atoms with Gasteiger partial charge in [-0.05, 0) is 81.4 Å². The minimum absolute atomic E-state index is 0.0973. The lowest BCUT2D eigenvalue weighted by Crippen LogP contribution is -2.57. The van der Waals surface area contributed by atoms with Crippen molar-refractivity contribution in [3.63, 3.8) is 0 Å². The highest BCUT2D eigenvalue weighted by atomic mass is 79.9. The summed E-state index contributed by atoms with van der Waals surface area (Å²) in [4.78, 5) is 32.6. The zero-order chi connectivity index (χ0) is 26.3. The van der Waals surface area contributed by atoms with Gasteiger partial charge in [-0.1, -0.05) is 0 Å². The number of ether oxygens (including phenoxy) is 2. The second-order valence-corrected chi connectivity index (χ2v) is 12.3. The van der Waals surface area contributed by atoms with Crippen LogP contribution in [0.15, 0.2) is 16.7 Å². The number of fused-ring (bicyclic) bond motifs is 4. The van der Waals surface area contributed by atoms with Crippen molar-refractivity contribution in [2.45, 2.75) is 82.8 Å². The number of hydrogen-bond acceptors (Lipinski definition) is 8. The number of nitrogens with zero attached hydrogens (tertiary/aromatic N) is 6. The molecule has 0 radical (unpaired) electrons. The van der Waals surface area contributed by atoms with Gasteiger partial charge in [-0.15, -0.1) is 0 Å². The molecule has 1 amide bonds. The third-order valence-corrected chi connectivity index (χ3v) is 7.93. The lowest BCUT2D eigenvalue weighted by atomic mass is 10.1. The fraction of sp³-hybridized carbons (Fsp3) is 0.692. The molecule has 4 unspecified atom stereocenters. The second kappa shape index (κ2) is 10.5. The van der Waals surface area contributed by atoms with Gasteiger partial charge in [0.2, 0.25) is 0 Å². The Morgan fingerprint density at radius 3 is 2.49 bits per heavy atom. The summed E-state index contributed by atoms with van der Waals surface area (Å²) in [5, 5.41) is 0. The van der Waals surface area contributed by atoms with Crippen molar-refractivity contribution in [3.05, 3.63) is 16.7 Å². The molecule has 2 bridgehead atoms. The van der Waals surface area contributed by atoms with Crippen LogP contribution in [-0.2, 0) is 4.74 Å². The maximum absolute atomic E-state index is 12.7. The quantitative estimate of drug-likeness (QED) is 0.512. The molecule has 0 N–H and O–H groups in total. The molecule has 6 rings (SSSR count). The molecule has 6 heterocycles. The SMILES string of the molecule is COc1nc(N2CC3CCC(C2)N3C(=O)OC(C)(C)C)c2ncc(Br)cc2n1.FC1CC2CCCN2C1. The molecular weight excluding hydrogens is 543 g/mol. The number of carbonyl (C=O) groups is 1. The number of halogens is 2. The van der Waals surface area contributed by atoms with Crippen LogP contribution in [0.1, 0.15) is 52.9 Å². The van der Waals surface area contributed by atoms with Gasteiger partial charge in [0.25, 0.3) is 0 Å². The zero-order valence-electron chi connectivity index (χ0n) is 22.0.